The molecule has 3 aromatic rings. The minimum atomic E-state index is 0.678. The number of rotatable bonds is 12. The molecule has 5 heteroatoms. The van der Waals surface area contributed by atoms with Gasteiger partial charge in [-0.15, -0.1) is 0 Å². The van der Waals surface area contributed by atoms with Gasteiger partial charge in [-0.2, -0.15) is 15.0 Å². The van der Waals surface area contributed by atoms with E-state index in [1.807, 2.05) is 23.0 Å². The van der Waals surface area contributed by atoms with Crippen molar-refractivity contribution >= 4 is 0 Å². The Hall–Kier alpha value is -2.50. The normalized spacial score (nSPS) is 11.1. The fraction of sp³-hybridized carbons (Fsp3) is 0.417. The van der Waals surface area contributed by atoms with Crippen molar-refractivity contribution in [1.82, 2.24) is 20.3 Å². The summed E-state index contributed by atoms with van der Waals surface area (Å²) in [5.74, 6) is 0. The molecule has 5 nitrogen and oxygen atoms in total. The number of aromatic nitrogens is 3. The maximum Gasteiger partial charge on any atom is 0.117 e. The Morgan fingerprint density at radius 2 is 1.69 bits per heavy atom. The second-order valence-corrected chi connectivity index (χ2v) is 7.31. The van der Waals surface area contributed by atoms with Crippen LogP contribution in [0.1, 0.15) is 43.0 Å². The minimum Gasteiger partial charge on any atom is -0.381 e. The van der Waals surface area contributed by atoms with Gasteiger partial charge in [0, 0.05) is 25.3 Å². The van der Waals surface area contributed by atoms with Crippen LogP contribution in [0.15, 0.2) is 54.6 Å². The summed E-state index contributed by atoms with van der Waals surface area (Å²) in [4.78, 5) is 1.82. The molecule has 1 aromatic heterocycles. The molecule has 0 bridgehead atoms. The zero-order chi connectivity index (χ0) is 20.3. The van der Waals surface area contributed by atoms with E-state index in [4.69, 9.17) is 14.9 Å². The number of aryl methyl sites for hydroxylation is 1. The van der Waals surface area contributed by atoms with Crippen molar-refractivity contribution in [1.29, 1.82) is 0 Å². The van der Waals surface area contributed by atoms with Crippen LogP contribution in [0, 0.1) is 6.92 Å². The summed E-state index contributed by atoms with van der Waals surface area (Å²) in [6, 6.07) is 18.7. The van der Waals surface area contributed by atoms with Gasteiger partial charge in [-0.1, -0.05) is 67.9 Å². The Labute approximate surface area is 174 Å². The van der Waals surface area contributed by atoms with Gasteiger partial charge in [-0.05, 0) is 37.4 Å². The molecule has 154 valence electrons. The van der Waals surface area contributed by atoms with Crippen molar-refractivity contribution in [2.75, 3.05) is 19.8 Å². The van der Waals surface area contributed by atoms with Crippen molar-refractivity contribution in [3.05, 3.63) is 71.4 Å². The predicted octanol–water partition coefficient (Wildman–Crippen LogP) is 4.60. The van der Waals surface area contributed by atoms with Gasteiger partial charge in [0.1, 0.15) is 11.4 Å². The number of benzene rings is 2. The van der Waals surface area contributed by atoms with Crippen molar-refractivity contribution in [2.45, 2.75) is 46.2 Å². The van der Waals surface area contributed by atoms with E-state index in [0.717, 1.165) is 49.6 Å². The molecule has 0 aliphatic heterocycles. The van der Waals surface area contributed by atoms with Gasteiger partial charge in [0.15, 0.2) is 0 Å². The number of nitrogens with one attached hydrogen (secondary N) is 1. The van der Waals surface area contributed by atoms with E-state index in [1.165, 1.54) is 17.5 Å². The van der Waals surface area contributed by atoms with Gasteiger partial charge in [0.2, 0.25) is 0 Å². The van der Waals surface area contributed by atoms with Crippen molar-refractivity contribution in [3.63, 3.8) is 0 Å². The minimum absolute atomic E-state index is 0.678. The number of nitrogens with zero attached hydrogens (tertiary/aromatic N) is 3. The van der Waals surface area contributed by atoms with Crippen molar-refractivity contribution in [2.24, 2.45) is 0 Å². The molecule has 0 saturated heterocycles. The summed E-state index contributed by atoms with van der Waals surface area (Å²) in [6.45, 7) is 8.26. The lowest BCUT2D eigenvalue weighted by Gasteiger charge is -2.05. The molecule has 1 N–H and O–H groups in total. The van der Waals surface area contributed by atoms with E-state index in [1.54, 1.807) is 0 Å². The molecule has 0 saturated carbocycles. The fourth-order valence-electron chi connectivity index (χ4n) is 3.19. The summed E-state index contributed by atoms with van der Waals surface area (Å²) in [5, 5.41) is 13.1. The van der Waals surface area contributed by atoms with E-state index in [0.29, 0.717) is 13.1 Å². The first-order chi connectivity index (χ1) is 14.3. The van der Waals surface area contributed by atoms with Crippen LogP contribution in [-0.4, -0.2) is 34.8 Å². The summed E-state index contributed by atoms with van der Waals surface area (Å²) in [6.07, 6.45) is 3.32. The van der Waals surface area contributed by atoms with E-state index in [9.17, 15) is 0 Å². The third-order valence-electron chi connectivity index (χ3n) is 4.92. The molecular formula is C24H32N4O. The fourth-order valence-corrected chi connectivity index (χ4v) is 3.19. The van der Waals surface area contributed by atoms with Crippen molar-refractivity contribution < 1.29 is 4.74 Å². The molecule has 1 heterocycles. The molecule has 0 fully saturated rings. The topological polar surface area (TPSA) is 52.0 Å². The Morgan fingerprint density at radius 1 is 0.931 bits per heavy atom. The van der Waals surface area contributed by atoms with Crippen LogP contribution >= 0.6 is 0 Å². The van der Waals surface area contributed by atoms with Gasteiger partial charge in [-0.25, -0.2) is 0 Å². The van der Waals surface area contributed by atoms with Gasteiger partial charge in [0.05, 0.1) is 6.54 Å². The molecule has 0 radical (unpaired) electrons. The molecule has 29 heavy (non-hydrogen) atoms. The lowest BCUT2D eigenvalue weighted by atomic mass is 10.1. The first kappa shape index (κ1) is 21.2. The molecule has 0 spiro atoms. The van der Waals surface area contributed by atoms with Crippen LogP contribution < -0.4 is 5.32 Å². The van der Waals surface area contributed by atoms with E-state index >= 15 is 0 Å². The molecular weight excluding hydrogens is 360 g/mol. The molecule has 0 unspecified atom stereocenters. The monoisotopic (exact) mass is 392 g/mol. The van der Waals surface area contributed by atoms with Gasteiger partial charge in [0.25, 0.3) is 0 Å². The number of unbranched alkanes of at least 4 members (excludes halogenated alkanes) is 1. The van der Waals surface area contributed by atoms with E-state index in [2.05, 4.69) is 55.6 Å². The van der Waals surface area contributed by atoms with Crippen LogP contribution in [-0.2, 0) is 17.8 Å². The molecule has 3 rings (SSSR count). The summed E-state index contributed by atoms with van der Waals surface area (Å²) >= 11 is 0. The predicted molar refractivity (Wildman–Crippen MR) is 118 cm³/mol. The first-order valence-electron chi connectivity index (χ1n) is 10.6. The maximum absolute atomic E-state index is 5.63. The lowest BCUT2D eigenvalue weighted by molar-refractivity contribution is 0.128. The lowest BCUT2D eigenvalue weighted by Crippen LogP contribution is -2.17. The zero-order valence-corrected chi connectivity index (χ0v) is 17.6. The molecule has 0 aliphatic rings. The summed E-state index contributed by atoms with van der Waals surface area (Å²) < 4.78 is 5.63. The smallest absolute Gasteiger partial charge is 0.117 e. The van der Waals surface area contributed by atoms with E-state index in [-0.39, 0.29) is 0 Å². The van der Waals surface area contributed by atoms with Gasteiger partial charge < -0.3 is 10.1 Å². The average molecular weight is 393 g/mol. The SMILES string of the molecule is CCCCOCCCNCc1nn(Cc2ccccc2C)nc1-c1ccccc1. The standard InChI is InChI=1S/C24H32N4O/c1-3-4-16-29-17-10-15-25-18-23-24(21-12-6-5-7-13-21)27-28(26-23)19-22-14-9-8-11-20(22)2/h5-9,11-14,25H,3-4,10,15-19H2,1-2H3. The van der Waals surface area contributed by atoms with Gasteiger partial charge in [-0.3, -0.25) is 0 Å². The highest BCUT2D eigenvalue weighted by Crippen LogP contribution is 2.20. The third-order valence-corrected chi connectivity index (χ3v) is 4.92. The maximum atomic E-state index is 5.63. The molecule has 2 aromatic carbocycles. The van der Waals surface area contributed by atoms with Gasteiger partial charge >= 0.3 is 0 Å². The Kier molecular flexibility index (Phi) is 8.40. The average Bonchev–Trinajstić information content (AvgIpc) is 3.15. The second kappa shape index (κ2) is 11.5. The second-order valence-electron chi connectivity index (χ2n) is 7.31. The zero-order valence-electron chi connectivity index (χ0n) is 17.6. The number of hydrogen-bond donors (Lipinski definition) is 1. The highest BCUT2D eigenvalue weighted by molar-refractivity contribution is 5.60. The number of hydrogen-bond acceptors (Lipinski definition) is 4. The third kappa shape index (κ3) is 6.51. The van der Waals surface area contributed by atoms with E-state index < -0.39 is 0 Å². The number of ether oxygens (including phenoxy) is 1. The van der Waals surface area contributed by atoms with Crippen molar-refractivity contribution in [3.8, 4) is 11.3 Å². The molecule has 0 aliphatic carbocycles. The quantitative estimate of drug-likeness (QED) is 0.458. The van der Waals surface area contributed by atoms with Crippen LogP contribution in [0.3, 0.4) is 0 Å². The molecule has 0 amide bonds. The first-order valence-corrected chi connectivity index (χ1v) is 10.6. The highest BCUT2D eigenvalue weighted by Gasteiger charge is 2.13. The summed E-state index contributed by atoms with van der Waals surface area (Å²) in [7, 11) is 0. The van der Waals surface area contributed by atoms with Crippen LogP contribution in [0.2, 0.25) is 0 Å². The van der Waals surface area contributed by atoms with Crippen LogP contribution in [0.5, 0.6) is 0 Å². The Bertz CT molecular complexity index is 860. The molecule has 0 atom stereocenters. The summed E-state index contributed by atoms with van der Waals surface area (Å²) in [5.41, 5.74) is 5.53. The highest BCUT2D eigenvalue weighted by atomic mass is 16.5. The Balaban J connectivity index is 1.63. The van der Waals surface area contributed by atoms with Crippen LogP contribution in [0.25, 0.3) is 11.3 Å². The Morgan fingerprint density at radius 3 is 2.48 bits per heavy atom. The largest absolute Gasteiger partial charge is 0.381 e. The van der Waals surface area contributed by atoms with Crippen LogP contribution in [0.4, 0.5) is 0 Å².